The molecule has 148 valence electrons. The molecule has 0 spiro atoms. The average molecular weight is 385 g/mol. The number of anilines is 1. The van der Waals surface area contributed by atoms with Crippen LogP contribution in [0.4, 0.5) is 11.4 Å². The van der Waals surface area contributed by atoms with Crippen LogP contribution in [0, 0.1) is 10.1 Å². The Balaban J connectivity index is 1.81. The molecule has 1 fully saturated rings. The summed E-state index contributed by atoms with van der Waals surface area (Å²) in [6, 6.07) is 9.27. The molecule has 0 unspecified atom stereocenters. The molecule has 1 amide bonds. The number of carbonyl (C=O) groups excluding carboxylic acids is 1. The molecule has 2 N–H and O–H groups in total. The van der Waals surface area contributed by atoms with Crippen molar-refractivity contribution in [3.8, 4) is 11.5 Å². The summed E-state index contributed by atoms with van der Waals surface area (Å²) in [7, 11) is 1.46. The average Bonchev–Trinajstić information content (AvgIpc) is 2.72. The summed E-state index contributed by atoms with van der Waals surface area (Å²) in [6.45, 7) is 1.83. The Labute approximate surface area is 162 Å². The van der Waals surface area contributed by atoms with Crippen molar-refractivity contribution >= 4 is 17.3 Å². The molecule has 0 radical (unpaired) electrons. The maximum Gasteiger partial charge on any atom is 0.270 e. The summed E-state index contributed by atoms with van der Waals surface area (Å²) in [5.41, 5.74) is 1.57. The van der Waals surface area contributed by atoms with Gasteiger partial charge < -0.3 is 20.1 Å². The lowest BCUT2D eigenvalue weighted by atomic mass is 10.1. The molecule has 1 saturated heterocycles. The molecule has 0 bridgehead atoms. The molecule has 2 aromatic carbocycles. The first-order valence-electron chi connectivity index (χ1n) is 9.17. The van der Waals surface area contributed by atoms with Gasteiger partial charge in [0, 0.05) is 31.8 Å². The number of amides is 1. The van der Waals surface area contributed by atoms with Crippen molar-refractivity contribution in [1.29, 1.82) is 0 Å². The number of piperidine rings is 1. The van der Waals surface area contributed by atoms with E-state index in [0.29, 0.717) is 17.0 Å². The maximum atomic E-state index is 12.8. The van der Waals surface area contributed by atoms with Crippen molar-refractivity contribution in [2.45, 2.75) is 25.8 Å². The number of hydrogen-bond donors (Lipinski definition) is 2. The zero-order valence-electron chi connectivity index (χ0n) is 15.7. The normalized spacial score (nSPS) is 13.8. The van der Waals surface area contributed by atoms with E-state index in [1.165, 1.54) is 25.3 Å². The summed E-state index contributed by atoms with van der Waals surface area (Å²) in [5, 5.41) is 23.8. The van der Waals surface area contributed by atoms with Crippen LogP contribution in [0.1, 0.15) is 35.2 Å². The highest BCUT2D eigenvalue weighted by molar-refractivity contribution is 6.00. The van der Waals surface area contributed by atoms with Crippen LogP contribution < -0.4 is 15.0 Å². The predicted octanol–water partition coefficient (Wildman–Crippen LogP) is 3.23. The Bertz CT molecular complexity index is 878. The van der Waals surface area contributed by atoms with Crippen molar-refractivity contribution in [3.63, 3.8) is 0 Å². The first kappa shape index (κ1) is 19.5. The van der Waals surface area contributed by atoms with Crippen molar-refractivity contribution in [2.75, 3.05) is 25.1 Å². The number of phenolic OH excluding ortho intramolecular Hbond substituents is 1. The van der Waals surface area contributed by atoms with Gasteiger partial charge in [-0.05, 0) is 43.0 Å². The van der Waals surface area contributed by atoms with E-state index in [1.54, 1.807) is 18.2 Å². The molecule has 0 atom stereocenters. The lowest BCUT2D eigenvalue weighted by Gasteiger charge is -2.30. The molecule has 1 aliphatic heterocycles. The Morgan fingerprint density at radius 3 is 2.61 bits per heavy atom. The van der Waals surface area contributed by atoms with Gasteiger partial charge in [0.2, 0.25) is 0 Å². The number of nitro benzene ring substituents is 1. The van der Waals surface area contributed by atoms with E-state index >= 15 is 0 Å². The molecule has 3 rings (SSSR count). The number of benzene rings is 2. The number of methoxy groups -OCH3 is 1. The monoisotopic (exact) mass is 385 g/mol. The van der Waals surface area contributed by atoms with Gasteiger partial charge in [0.1, 0.15) is 0 Å². The van der Waals surface area contributed by atoms with E-state index in [0.717, 1.165) is 32.4 Å². The van der Waals surface area contributed by atoms with Gasteiger partial charge in [-0.3, -0.25) is 14.9 Å². The maximum absolute atomic E-state index is 12.8. The summed E-state index contributed by atoms with van der Waals surface area (Å²) in [6.07, 6.45) is 3.21. The summed E-state index contributed by atoms with van der Waals surface area (Å²) in [5.74, 6) is -0.0562. The van der Waals surface area contributed by atoms with Crippen LogP contribution in [0.25, 0.3) is 0 Å². The van der Waals surface area contributed by atoms with Crippen molar-refractivity contribution in [2.24, 2.45) is 0 Å². The Kier molecular flexibility index (Phi) is 5.98. The molecular weight excluding hydrogens is 362 g/mol. The van der Waals surface area contributed by atoms with E-state index in [1.807, 2.05) is 0 Å². The minimum absolute atomic E-state index is 0.0152. The molecular formula is C20H23N3O5. The standard InChI is InChI=1S/C20H23N3O5/c1-28-19-8-5-14(11-18(19)24)13-21-20(25)16-12-15(23(26)27)6-7-17(16)22-9-3-2-4-10-22/h5-8,11-12,24H,2-4,9-10,13H2,1H3,(H,21,25). The molecule has 1 aliphatic rings. The lowest BCUT2D eigenvalue weighted by molar-refractivity contribution is -0.384. The SMILES string of the molecule is COc1ccc(CNC(=O)c2cc([N+](=O)[O-])ccc2N2CCCCC2)cc1O. The number of nitro groups is 1. The topological polar surface area (TPSA) is 105 Å². The number of phenols is 1. The van der Waals surface area contributed by atoms with Gasteiger partial charge in [0.25, 0.3) is 11.6 Å². The second-order valence-electron chi connectivity index (χ2n) is 6.70. The Morgan fingerprint density at radius 2 is 1.96 bits per heavy atom. The third-order valence-corrected chi connectivity index (χ3v) is 4.83. The molecule has 8 nitrogen and oxygen atoms in total. The van der Waals surface area contributed by atoms with E-state index in [-0.39, 0.29) is 29.5 Å². The second-order valence-corrected chi connectivity index (χ2v) is 6.70. The number of non-ortho nitro benzene ring substituents is 1. The third kappa shape index (κ3) is 4.33. The molecule has 1 heterocycles. The molecule has 0 aliphatic carbocycles. The second kappa shape index (κ2) is 8.60. The van der Waals surface area contributed by atoms with Gasteiger partial charge in [0.05, 0.1) is 23.3 Å². The van der Waals surface area contributed by atoms with Gasteiger partial charge in [-0.25, -0.2) is 0 Å². The fourth-order valence-corrected chi connectivity index (χ4v) is 3.35. The summed E-state index contributed by atoms with van der Waals surface area (Å²) < 4.78 is 5.01. The molecule has 2 aromatic rings. The van der Waals surface area contributed by atoms with Crippen LogP contribution in [-0.4, -0.2) is 36.1 Å². The van der Waals surface area contributed by atoms with Crippen LogP contribution in [0.2, 0.25) is 0 Å². The van der Waals surface area contributed by atoms with Gasteiger partial charge >= 0.3 is 0 Å². The summed E-state index contributed by atoms with van der Waals surface area (Å²) in [4.78, 5) is 25.6. The summed E-state index contributed by atoms with van der Waals surface area (Å²) >= 11 is 0. The van der Waals surface area contributed by atoms with Gasteiger partial charge in [-0.1, -0.05) is 6.07 Å². The number of ether oxygens (including phenoxy) is 1. The van der Waals surface area contributed by atoms with E-state index in [9.17, 15) is 20.0 Å². The number of carbonyl (C=O) groups is 1. The first-order chi connectivity index (χ1) is 13.5. The highest BCUT2D eigenvalue weighted by Crippen LogP contribution is 2.29. The van der Waals surface area contributed by atoms with Crippen LogP contribution in [0.3, 0.4) is 0 Å². The molecule has 8 heteroatoms. The number of nitrogens with one attached hydrogen (secondary N) is 1. The fraction of sp³-hybridized carbons (Fsp3) is 0.350. The van der Waals surface area contributed by atoms with E-state index < -0.39 is 4.92 Å². The van der Waals surface area contributed by atoms with Crippen LogP contribution in [0.5, 0.6) is 11.5 Å². The quantitative estimate of drug-likeness (QED) is 0.584. The zero-order chi connectivity index (χ0) is 20.1. The Morgan fingerprint density at radius 1 is 1.21 bits per heavy atom. The highest BCUT2D eigenvalue weighted by Gasteiger charge is 2.21. The fourth-order valence-electron chi connectivity index (χ4n) is 3.35. The molecule has 0 aromatic heterocycles. The number of nitrogens with zero attached hydrogens (tertiary/aromatic N) is 2. The van der Waals surface area contributed by atoms with Crippen molar-refractivity contribution < 1.29 is 19.6 Å². The van der Waals surface area contributed by atoms with Crippen molar-refractivity contribution in [1.82, 2.24) is 5.32 Å². The predicted molar refractivity (Wildman–Crippen MR) is 105 cm³/mol. The minimum Gasteiger partial charge on any atom is -0.504 e. The smallest absolute Gasteiger partial charge is 0.270 e. The van der Waals surface area contributed by atoms with Crippen LogP contribution in [-0.2, 0) is 6.54 Å². The van der Waals surface area contributed by atoms with Crippen molar-refractivity contribution in [3.05, 3.63) is 57.6 Å². The molecule has 0 saturated carbocycles. The van der Waals surface area contributed by atoms with E-state index in [4.69, 9.17) is 4.74 Å². The van der Waals surface area contributed by atoms with Gasteiger partial charge in [0.15, 0.2) is 11.5 Å². The number of aromatic hydroxyl groups is 1. The highest BCUT2D eigenvalue weighted by atomic mass is 16.6. The third-order valence-electron chi connectivity index (χ3n) is 4.83. The Hall–Kier alpha value is -3.29. The van der Waals surface area contributed by atoms with Gasteiger partial charge in [-0.2, -0.15) is 0 Å². The van der Waals surface area contributed by atoms with Gasteiger partial charge in [-0.15, -0.1) is 0 Å². The van der Waals surface area contributed by atoms with E-state index in [2.05, 4.69) is 10.2 Å². The van der Waals surface area contributed by atoms with Crippen LogP contribution in [0.15, 0.2) is 36.4 Å². The number of rotatable bonds is 6. The first-order valence-corrected chi connectivity index (χ1v) is 9.17. The van der Waals surface area contributed by atoms with Crippen LogP contribution >= 0.6 is 0 Å². The zero-order valence-corrected chi connectivity index (χ0v) is 15.7. The number of hydrogen-bond acceptors (Lipinski definition) is 6. The largest absolute Gasteiger partial charge is 0.504 e. The minimum atomic E-state index is -0.502. The molecule has 28 heavy (non-hydrogen) atoms. The lowest BCUT2D eigenvalue weighted by Crippen LogP contribution is -2.32.